The Balaban J connectivity index is 1.77. The molecule has 7 heteroatoms. The molecule has 0 saturated carbocycles. The summed E-state index contributed by atoms with van der Waals surface area (Å²) in [6, 6.07) is -0.322. The quantitative estimate of drug-likeness (QED) is 0.801. The van der Waals surface area contributed by atoms with Crippen molar-refractivity contribution >= 4 is 5.91 Å². The molecular formula is C14H23NO6. The summed E-state index contributed by atoms with van der Waals surface area (Å²) in [6.07, 6.45) is -1.48. The summed E-state index contributed by atoms with van der Waals surface area (Å²) in [5.41, 5.74) is 0. The SMILES string of the molecule is CC(=O)N[C@H]1[C@H]2OC(C)(C)O[C@H]2O[C@@H]1[C@H]1COC(C)(C)O1. The van der Waals surface area contributed by atoms with E-state index in [0.717, 1.165) is 0 Å². The topological polar surface area (TPSA) is 75.3 Å². The standard InChI is InChI=1S/C14H23NO6/c1-7(16)15-9-10(8-6-17-13(2,3)19-8)18-12-11(9)20-14(4,5)21-12/h8-12H,6H2,1-5H3,(H,15,16)/t8-,9-,10-,11-,12-/m1/s1. The smallest absolute Gasteiger partial charge is 0.217 e. The molecule has 21 heavy (non-hydrogen) atoms. The molecule has 0 unspecified atom stereocenters. The molecule has 3 aliphatic rings. The van der Waals surface area contributed by atoms with Crippen LogP contribution in [0.15, 0.2) is 0 Å². The highest BCUT2D eigenvalue weighted by atomic mass is 16.8. The van der Waals surface area contributed by atoms with E-state index in [1.54, 1.807) is 0 Å². The summed E-state index contributed by atoms with van der Waals surface area (Å²) >= 11 is 0. The Morgan fingerprint density at radius 3 is 2.33 bits per heavy atom. The lowest BCUT2D eigenvalue weighted by Gasteiger charge is -2.29. The predicted molar refractivity (Wildman–Crippen MR) is 71.2 cm³/mol. The summed E-state index contributed by atoms with van der Waals surface area (Å²) < 4.78 is 29.0. The third-order valence-corrected chi connectivity index (χ3v) is 3.85. The molecular weight excluding hydrogens is 278 g/mol. The van der Waals surface area contributed by atoms with Crippen LogP contribution in [-0.2, 0) is 28.5 Å². The predicted octanol–water partition coefficient (Wildman–Crippen LogP) is 0.519. The Hall–Kier alpha value is -0.730. The number of hydrogen-bond donors (Lipinski definition) is 1. The van der Waals surface area contributed by atoms with Gasteiger partial charge >= 0.3 is 0 Å². The molecule has 0 aromatic rings. The zero-order chi connectivity index (χ0) is 15.4. The van der Waals surface area contributed by atoms with Crippen molar-refractivity contribution in [1.82, 2.24) is 5.32 Å². The maximum atomic E-state index is 11.5. The molecule has 3 heterocycles. The fourth-order valence-electron chi connectivity index (χ4n) is 3.13. The summed E-state index contributed by atoms with van der Waals surface area (Å²) in [7, 11) is 0. The minimum Gasteiger partial charge on any atom is -0.348 e. The number of amides is 1. The van der Waals surface area contributed by atoms with E-state index in [2.05, 4.69) is 5.32 Å². The highest BCUT2D eigenvalue weighted by Crippen LogP contribution is 2.40. The second-order valence-corrected chi connectivity index (χ2v) is 6.66. The Labute approximate surface area is 124 Å². The number of hydrogen-bond acceptors (Lipinski definition) is 6. The molecule has 0 aromatic heterocycles. The van der Waals surface area contributed by atoms with Crippen molar-refractivity contribution in [2.24, 2.45) is 0 Å². The average molecular weight is 301 g/mol. The van der Waals surface area contributed by atoms with Crippen molar-refractivity contribution in [2.75, 3.05) is 6.61 Å². The van der Waals surface area contributed by atoms with Crippen molar-refractivity contribution in [1.29, 1.82) is 0 Å². The number of rotatable bonds is 2. The van der Waals surface area contributed by atoms with Gasteiger partial charge in [-0.05, 0) is 27.7 Å². The van der Waals surface area contributed by atoms with Crippen LogP contribution in [0.3, 0.4) is 0 Å². The Bertz CT molecular complexity index is 437. The fraction of sp³-hybridized carbons (Fsp3) is 0.929. The van der Waals surface area contributed by atoms with Gasteiger partial charge in [0, 0.05) is 6.92 Å². The molecule has 1 amide bonds. The second kappa shape index (κ2) is 4.89. The zero-order valence-electron chi connectivity index (χ0n) is 13.0. The minimum atomic E-state index is -0.719. The van der Waals surface area contributed by atoms with E-state index < -0.39 is 17.9 Å². The summed E-state index contributed by atoms with van der Waals surface area (Å²) in [5, 5.41) is 2.90. The van der Waals surface area contributed by atoms with Gasteiger partial charge in [-0.15, -0.1) is 0 Å². The van der Waals surface area contributed by atoms with Crippen LogP contribution in [0.25, 0.3) is 0 Å². The average Bonchev–Trinajstić information content (AvgIpc) is 2.90. The lowest BCUT2D eigenvalue weighted by Crippen LogP contribution is -2.52. The number of ether oxygens (including phenoxy) is 5. The van der Waals surface area contributed by atoms with Gasteiger partial charge < -0.3 is 29.0 Å². The van der Waals surface area contributed by atoms with E-state index in [0.29, 0.717) is 6.61 Å². The van der Waals surface area contributed by atoms with Gasteiger partial charge in [-0.1, -0.05) is 0 Å². The Morgan fingerprint density at radius 1 is 1.05 bits per heavy atom. The van der Waals surface area contributed by atoms with Gasteiger partial charge in [0.1, 0.15) is 18.3 Å². The van der Waals surface area contributed by atoms with Crippen molar-refractivity contribution in [2.45, 2.75) is 76.8 Å². The van der Waals surface area contributed by atoms with Crippen molar-refractivity contribution < 1.29 is 28.5 Å². The van der Waals surface area contributed by atoms with E-state index in [-0.39, 0.29) is 30.3 Å². The molecule has 120 valence electrons. The molecule has 0 aromatic carbocycles. The second-order valence-electron chi connectivity index (χ2n) is 6.66. The maximum Gasteiger partial charge on any atom is 0.217 e. The number of nitrogens with one attached hydrogen (secondary N) is 1. The van der Waals surface area contributed by atoms with Crippen LogP contribution >= 0.6 is 0 Å². The molecule has 3 saturated heterocycles. The van der Waals surface area contributed by atoms with Crippen LogP contribution < -0.4 is 5.32 Å². The first kappa shape index (κ1) is 15.2. The zero-order valence-corrected chi connectivity index (χ0v) is 13.0. The molecule has 0 bridgehead atoms. The minimum absolute atomic E-state index is 0.138. The largest absolute Gasteiger partial charge is 0.348 e. The number of carbonyl (C=O) groups excluding carboxylic acids is 1. The third-order valence-electron chi connectivity index (χ3n) is 3.85. The van der Waals surface area contributed by atoms with Crippen LogP contribution in [0.2, 0.25) is 0 Å². The van der Waals surface area contributed by atoms with Gasteiger partial charge in [0.2, 0.25) is 5.91 Å². The summed E-state index contributed by atoms with van der Waals surface area (Å²) in [6.45, 7) is 9.25. The maximum absolute atomic E-state index is 11.5. The first-order valence-electron chi connectivity index (χ1n) is 7.27. The Morgan fingerprint density at radius 2 is 1.76 bits per heavy atom. The third kappa shape index (κ3) is 2.93. The van der Waals surface area contributed by atoms with Gasteiger partial charge in [0.25, 0.3) is 0 Å². The first-order chi connectivity index (χ1) is 9.67. The van der Waals surface area contributed by atoms with Gasteiger partial charge in [0.15, 0.2) is 17.9 Å². The van der Waals surface area contributed by atoms with Gasteiger partial charge in [-0.25, -0.2) is 0 Å². The Kier molecular flexibility index (Phi) is 3.53. The van der Waals surface area contributed by atoms with E-state index in [1.807, 2.05) is 27.7 Å². The summed E-state index contributed by atoms with van der Waals surface area (Å²) in [5.74, 6) is -1.50. The lowest BCUT2D eigenvalue weighted by atomic mass is 10.0. The molecule has 3 rings (SSSR count). The van der Waals surface area contributed by atoms with E-state index in [1.165, 1.54) is 6.92 Å². The van der Waals surface area contributed by atoms with Crippen LogP contribution in [0.1, 0.15) is 34.6 Å². The highest BCUT2D eigenvalue weighted by molar-refractivity contribution is 5.73. The molecule has 0 spiro atoms. The van der Waals surface area contributed by atoms with E-state index in [9.17, 15) is 4.79 Å². The normalized spacial score (nSPS) is 43.8. The van der Waals surface area contributed by atoms with Crippen LogP contribution in [-0.4, -0.2) is 54.7 Å². The molecule has 0 radical (unpaired) electrons. The highest BCUT2D eigenvalue weighted by Gasteiger charge is 2.58. The monoisotopic (exact) mass is 301 g/mol. The molecule has 5 atom stereocenters. The van der Waals surface area contributed by atoms with Crippen LogP contribution in [0.5, 0.6) is 0 Å². The fourth-order valence-corrected chi connectivity index (χ4v) is 3.13. The van der Waals surface area contributed by atoms with Gasteiger partial charge in [-0.2, -0.15) is 0 Å². The van der Waals surface area contributed by atoms with Crippen LogP contribution in [0.4, 0.5) is 0 Å². The summed E-state index contributed by atoms with van der Waals surface area (Å²) in [4.78, 5) is 11.5. The molecule has 0 aliphatic carbocycles. The molecule has 3 aliphatic heterocycles. The van der Waals surface area contributed by atoms with Crippen molar-refractivity contribution in [3.8, 4) is 0 Å². The van der Waals surface area contributed by atoms with E-state index in [4.69, 9.17) is 23.7 Å². The number of carbonyl (C=O) groups is 1. The van der Waals surface area contributed by atoms with Gasteiger partial charge in [-0.3, -0.25) is 4.79 Å². The van der Waals surface area contributed by atoms with Gasteiger partial charge in [0.05, 0.1) is 12.6 Å². The molecule has 7 nitrogen and oxygen atoms in total. The van der Waals surface area contributed by atoms with Crippen molar-refractivity contribution in [3.63, 3.8) is 0 Å². The van der Waals surface area contributed by atoms with Crippen molar-refractivity contribution in [3.05, 3.63) is 0 Å². The lowest BCUT2D eigenvalue weighted by molar-refractivity contribution is -0.223. The molecule has 1 N–H and O–H groups in total. The first-order valence-corrected chi connectivity index (χ1v) is 7.27. The van der Waals surface area contributed by atoms with E-state index >= 15 is 0 Å². The van der Waals surface area contributed by atoms with Crippen LogP contribution in [0, 0.1) is 0 Å². The molecule has 3 fully saturated rings. The number of fused-ring (bicyclic) bond motifs is 1.